The zero-order valence-corrected chi connectivity index (χ0v) is 31.3. The molecular formula is C52H35N5. The molecule has 0 saturated heterocycles. The van der Waals surface area contributed by atoms with Crippen LogP contribution in [0.1, 0.15) is 29.2 Å². The summed E-state index contributed by atoms with van der Waals surface area (Å²) in [4.78, 5) is 10.8. The molecule has 2 aliphatic rings. The van der Waals surface area contributed by atoms with E-state index in [2.05, 4.69) is 181 Å². The van der Waals surface area contributed by atoms with Crippen LogP contribution in [-0.4, -0.2) is 14.5 Å². The van der Waals surface area contributed by atoms with Gasteiger partial charge in [0.25, 0.3) is 0 Å². The standard InChI is InChI=1S/C52H35N5/c1-52(35-20-9-4-10-21-35)42-26-15-25-39-38-24-13-14-27-45(38)57-48-44(31-30-43(52)47(48)46(39)42)53-51(57)41-29-28-40(36-22-11-12-23-37(36)41)49-54-50(34-18-7-3-8-19-34)56(55-49)32-33-16-5-2-6-17-33/h2-31H,32H2,1H3. The van der Waals surface area contributed by atoms with Crippen LogP contribution < -0.4 is 9.78 Å². The first kappa shape index (κ1) is 31.9. The number of imidazole rings is 1. The van der Waals surface area contributed by atoms with Crippen molar-refractivity contribution in [2.45, 2.75) is 18.9 Å². The molecule has 57 heavy (non-hydrogen) atoms. The quantitative estimate of drug-likeness (QED) is 0.160. The molecule has 1 atom stereocenters. The molecule has 0 spiro atoms. The number of aromatic nitrogens is 5. The van der Waals surface area contributed by atoms with E-state index >= 15 is 0 Å². The number of fused-ring (bicyclic) bond motifs is 4. The second-order valence-corrected chi connectivity index (χ2v) is 15.3. The number of rotatable bonds is 6. The van der Waals surface area contributed by atoms with Crippen molar-refractivity contribution in [3.8, 4) is 62.1 Å². The monoisotopic (exact) mass is 729 g/mol. The number of nitrogens with zero attached hydrogens (tertiary/aromatic N) is 5. The van der Waals surface area contributed by atoms with Gasteiger partial charge in [-0.1, -0.05) is 170 Å². The van der Waals surface area contributed by atoms with E-state index in [-0.39, 0.29) is 5.41 Å². The fraction of sp³-hybridized carbons (Fsp3) is 0.0577. The molecule has 1 aliphatic carbocycles. The van der Waals surface area contributed by atoms with Crippen molar-refractivity contribution in [1.82, 2.24) is 19.6 Å². The molecule has 10 aromatic rings. The molecule has 0 fully saturated rings. The third-order valence-electron chi connectivity index (χ3n) is 12.3. The molecule has 0 N–H and O–H groups in total. The van der Waals surface area contributed by atoms with Gasteiger partial charge in [0.05, 0.1) is 16.7 Å². The van der Waals surface area contributed by atoms with Crippen molar-refractivity contribution in [1.29, 1.82) is 0 Å². The predicted octanol–water partition coefficient (Wildman–Crippen LogP) is 11.2. The first-order valence-electron chi connectivity index (χ1n) is 19.6. The summed E-state index contributed by atoms with van der Waals surface area (Å²) >= 11 is 0. The molecule has 12 rings (SSSR count). The molecule has 268 valence electrons. The number of benzene rings is 8. The highest BCUT2D eigenvalue weighted by Gasteiger charge is 2.45. The minimum atomic E-state index is -0.318. The van der Waals surface area contributed by atoms with Gasteiger partial charge in [-0.3, -0.25) is 14.3 Å². The summed E-state index contributed by atoms with van der Waals surface area (Å²) in [5.74, 6) is 2.46. The molecule has 5 nitrogen and oxygen atoms in total. The van der Waals surface area contributed by atoms with E-state index in [9.17, 15) is 0 Å². The van der Waals surface area contributed by atoms with Gasteiger partial charge >= 0.3 is 0 Å². The Kier molecular flexibility index (Phi) is 6.76. The Balaban J connectivity index is 1.10. The summed E-state index contributed by atoms with van der Waals surface area (Å²) in [5.41, 5.74) is 16.2. The van der Waals surface area contributed by atoms with Crippen molar-refractivity contribution in [3.63, 3.8) is 0 Å². The minimum Gasteiger partial charge on any atom is -0.397 e. The summed E-state index contributed by atoms with van der Waals surface area (Å²) in [6, 6.07) is 65.1. The van der Waals surface area contributed by atoms with E-state index in [1.54, 1.807) is 0 Å². The molecule has 2 aromatic heterocycles. The van der Waals surface area contributed by atoms with Crippen LogP contribution in [0.5, 0.6) is 0 Å². The maximum Gasteiger partial charge on any atom is 0.146 e. The minimum absolute atomic E-state index is 0.318. The molecule has 5 heteroatoms. The van der Waals surface area contributed by atoms with Crippen LogP contribution in [0.4, 0.5) is 0 Å². The first-order valence-corrected chi connectivity index (χ1v) is 19.6. The Labute approximate surface area is 330 Å². The summed E-state index contributed by atoms with van der Waals surface area (Å²) in [5, 5.41) is 7.39. The largest absolute Gasteiger partial charge is 0.397 e. The van der Waals surface area contributed by atoms with Crippen LogP contribution in [0.3, 0.4) is 0 Å². The van der Waals surface area contributed by atoms with E-state index in [0.29, 0.717) is 12.4 Å². The Morgan fingerprint density at radius 2 is 1.19 bits per heavy atom. The normalized spacial score (nSPS) is 14.9. The van der Waals surface area contributed by atoms with Gasteiger partial charge in [-0.05, 0) is 74.6 Å². The summed E-state index contributed by atoms with van der Waals surface area (Å²) < 4.78 is 4.47. The molecule has 8 aromatic carbocycles. The van der Waals surface area contributed by atoms with Crippen molar-refractivity contribution >= 4 is 21.8 Å². The highest BCUT2D eigenvalue weighted by atomic mass is 15.3. The lowest BCUT2D eigenvalue weighted by atomic mass is 9.74. The van der Waals surface area contributed by atoms with Crippen molar-refractivity contribution in [2.24, 2.45) is 0 Å². The van der Waals surface area contributed by atoms with Crippen LogP contribution in [0.15, 0.2) is 182 Å². The average Bonchev–Trinajstić information content (AvgIpc) is 3.92. The first-order chi connectivity index (χ1) is 28.2. The lowest BCUT2D eigenvalue weighted by molar-refractivity contribution is -0.737. The van der Waals surface area contributed by atoms with Gasteiger partial charge in [-0.25, -0.2) is 4.98 Å². The maximum absolute atomic E-state index is 5.54. The molecular weight excluding hydrogens is 695 g/mol. The molecule has 1 aliphatic heterocycles. The van der Waals surface area contributed by atoms with Gasteiger partial charge in [0.1, 0.15) is 18.2 Å². The smallest absolute Gasteiger partial charge is 0.146 e. The number of hydrogen-bond donors (Lipinski definition) is 0. The second-order valence-electron chi connectivity index (χ2n) is 15.3. The summed E-state index contributed by atoms with van der Waals surface area (Å²) in [6.07, 6.45) is 0. The van der Waals surface area contributed by atoms with Crippen LogP contribution in [0.25, 0.3) is 83.9 Å². The highest BCUT2D eigenvalue weighted by molar-refractivity contribution is 6.11. The zero-order valence-electron chi connectivity index (χ0n) is 31.3. The highest BCUT2D eigenvalue weighted by Crippen LogP contribution is 2.59. The Hall–Kier alpha value is -7.37. The van der Waals surface area contributed by atoms with Crippen molar-refractivity contribution < 1.29 is 4.68 Å². The second kappa shape index (κ2) is 12.1. The van der Waals surface area contributed by atoms with Gasteiger partial charge in [0.2, 0.25) is 0 Å². The number of para-hydroxylation sites is 1. The van der Waals surface area contributed by atoms with E-state index in [0.717, 1.165) is 55.8 Å². The molecule has 3 heterocycles. The third-order valence-corrected chi connectivity index (χ3v) is 12.3. The van der Waals surface area contributed by atoms with Crippen molar-refractivity contribution in [2.75, 3.05) is 0 Å². The lowest BCUT2D eigenvalue weighted by Gasteiger charge is -2.29. The average molecular weight is 730 g/mol. The Bertz CT molecular complexity index is 3210. The molecule has 1 unspecified atom stereocenters. The molecule has 0 saturated carbocycles. The van der Waals surface area contributed by atoms with Gasteiger partial charge in [-0.2, -0.15) is 0 Å². The molecule has 0 amide bonds. The molecule has 0 radical (unpaired) electrons. The SMILES string of the molecule is CC1(c2ccccc2)c2cccc3c2-c2c1ccc1nc(-c4ccc(-c5nc(-c6ccccc6)[n+](Cc6ccccc6)[n-]5)c5ccccc45)n(c21)-c1ccccc1-3. The topological polar surface area (TPSA) is 48.7 Å². The van der Waals surface area contributed by atoms with Crippen molar-refractivity contribution in [3.05, 3.63) is 204 Å². The van der Waals surface area contributed by atoms with E-state index < -0.39 is 0 Å². The summed E-state index contributed by atoms with van der Waals surface area (Å²) in [7, 11) is 0. The maximum atomic E-state index is 5.54. The van der Waals surface area contributed by atoms with E-state index in [1.165, 1.54) is 44.5 Å². The predicted molar refractivity (Wildman–Crippen MR) is 228 cm³/mol. The fourth-order valence-corrected chi connectivity index (χ4v) is 9.65. The molecule has 0 bridgehead atoms. The van der Waals surface area contributed by atoms with E-state index in [4.69, 9.17) is 15.1 Å². The van der Waals surface area contributed by atoms with Crippen LogP contribution in [0, 0.1) is 0 Å². The Morgan fingerprint density at radius 1 is 0.544 bits per heavy atom. The van der Waals surface area contributed by atoms with Crippen LogP contribution >= 0.6 is 0 Å². The van der Waals surface area contributed by atoms with E-state index in [1.807, 2.05) is 16.8 Å². The lowest BCUT2D eigenvalue weighted by Crippen LogP contribution is -2.40. The Morgan fingerprint density at radius 3 is 2.00 bits per heavy atom. The van der Waals surface area contributed by atoms with Gasteiger partial charge in [0.15, 0.2) is 0 Å². The van der Waals surface area contributed by atoms with Crippen LogP contribution in [-0.2, 0) is 12.0 Å². The van der Waals surface area contributed by atoms with Gasteiger partial charge < -0.3 is 4.98 Å². The van der Waals surface area contributed by atoms with Gasteiger partial charge in [-0.15, -0.1) is 0 Å². The van der Waals surface area contributed by atoms with Crippen LogP contribution in [0.2, 0.25) is 0 Å². The van der Waals surface area contributed by atoms with Gasteiger partial charge in [0, 0.05) is 27.7 Å². The zero-order chi connectivity index (χ0) is 37.7. The summed E-state index contributed by atoms with van der Waals surface area (Å²) in [6.45, 7) is 3.01. The number of hydrogen-bond acceptors (Lipinski definition) is 2. The fourth-order valence-electron chi connectivity index (χ4n) is 9.65. The third kappa shape index (κ3) is 4.54.